The van der Waals surface area contributed by atoms with Gasteiger partial charge in [0, 0.05) is 29.9 Å². The van der Waals surface area contributed by atoms with Crippen LogP contribution in [-0.4, -0.2) is 29.0 Å². The van der Waals surface area contributed by atoms with Gasteiger partial charge in [-0.3, -0.25) is 4.79 Å². The molecule has 1 fully saturated rings. The third-order valence-electron chi connectivity index (χ3n) is 4.57. The molecular weight excluding hydrogens is 351 g/mol. The monoisotopic (exact) mass is 370 g/mol. The van der Waals surface area contributed by atoms with Crippen LogP contribution in [0, 0.1) is 12.7 Å². The van der Waals surface area contributed by atoms with E-state index in [1.807, 2.05) is 5.38 Å². The van der Waals surface area contributed by atoms with E-state index in [9.17, 15) is 9.18 Å². The minimum Gasteiger partial charge on any atom is -0.356 e. The van der Waals surface area contributed by atoms with Crippen LogP contribution in [0.1, 0.15) is 33.9 Å². The molecule has 3 heterocycles. The number of aromatic nitrogens is 2. The van der Waals surface area contributed by atoms with Crippen molar-refractivity contribution in [3.8, 4) is 0 Å². The molecule has 1 aromatic carbocycles. The van der Waals surface area contributed by atoms with Crippen LogP contribution in [0.5, 0.6) is 0 Å². The molecular formula is C19H19FN4OS. The maximum atomic E-state index is 13.3. The largest absolute Gasteiger partial charge is 0.356 e. The molecule has 2 aromatic heterocycles. The lowest BCUT2D eigenvalue weighted by molar-refractivity contribution is 0.0941. The lowest BCUT2D eigenvalue weighted by Gasteiger charge is -2.18. The summed E-state index contributed by atoms with van der Waals surface area (Å²) in [6.45, 7) is 4.19. The minimum absolute atomic E-state index is 0.161. The van der Waals surface area contributed by atoms with Crippen molar-refractivity contribution in [2.45, 2.75) is 26.3 Å². The second-order valence-electron chi connectivity index (χ2n) is 6.43. The summed E-state index contributed by atoms with van der Waals surface area (Å²) in [5.74, 6) is 0.343. The third kappa shape index (κ3) is 3.26. The molecule has 1 saturated heterocycles. The van der Waals surface area contributed by atoms with Crippen molar-refractivity contribution in [3.63, 3.8) is 0 Å². The van der Waals surface area contributed by atoms with Crippen molar-refractivity contribution < 1.29 is 9.18 Å². The Kier molecular flexibility index (Phi) is 4.55. The minimum atomic E-state index is -0.347. The maximum absolute atomic E-state index is 13.3. The summed E-state index contributed by atoms with van der Waals surface area (Å²) in [5, 5.41) is 5.79. The van der Waals surface area contributed by atoms with Gasteiger partial charge in [-0.05, 0) is 37.5 Å². The van der Waals surface area contributed by atoms with Crippen molar-refractivity contribution in [2.75, 3.05) is 18.0 Å². The Morgan fingerprint density at radius 1 is 1.31 bits per heavy atom. The molecule has 0 radical (unpaired) electrons. The molecule has 0 unspecified atom stereocenters. The van der Waals surface area contributed by atoms with Crippen LogP contribution < -0.4 is 10.2 Å². The predicted octanol–water partition coefficient (Wildman–Crippen LogP) is 3.67. The average molecular weight is 370 g/mol. The van der Waals surface area contributed by atoms with Crippen LogP contribution in [0.4, 0.5) is 10.2 Å². The molecule has 134 valence electrons. The van der Waals surface area contributed by atoms with Crippen LogP contribution in [0.15, 0.2) is 29.6 Å². The zero-order valence-corrected chi connectivity index (χ0v) is 15.3. The van der Waals surface area contributed by atoms with Crippen molar-refractivity contribution in [1.29, 1.82) is 0 Å². The molecule has 0 aliphatic carbocycles. The quantitative estimate of drug-likeness (QED) is 0.761. The Morgan fingerprint density at radius 2 is 2.12 bits per heavy atom. The predicted molar refractivity (Wildman–Crippen MR) is 101 cm³/mol. The second-order valence-corrected chi connectivity index (χ2v) is 7.51. The van der Waals surface area contributed by atoms with E-state index in [2.05, 4.69) is 27.1 Å². The van der Waals surface area contributed by atoms with Gasteiger partial charge < -0.3 is 10.2 Å². The molecule has 1 amide bonds. The number of anilines is 1. The molecule has 0 bridgehead atoms. The average Bonchev–Trinajstić information content (AvgIpc) is 3.29. The standard InChI is InChI=1S/C19H19FN4OS/c1-12-16-15(11-26-12)22-17(23-18(16)24-7-2-3-8-24)19(25)21-10-13-5-4-6-14(20)9-13/h4-6,9,11H,2-3,7-8,10H2,1H3,(H,21,25). The molecule has 7 heteroatoms. The van der Waals surface area contributed by atoms with Gasteiger partial charge in [0.15, 0.2) is 0 Å². The van der Waals surface area contributed by atoms with E-state index in [1.54, 1.807) is 23.5 Å². The number of fused-ring (bicyclic) bond motifs is 1. The summed E-state index contributed by atoms with van der Waals surface area (Å²) < 4.78 is 13.3. The van der Waals surface area contributed by atoms with Crippen molar-refractivity contribution in [3.05, 3.63) is 51.7 Å². The van der Waals surface area contributed by atoms with E-state index < -0.39 is 0 Å². The fourth-order valence-corrected chi connectivity index (χ4v) is 4.03. The summed E-state index contributed by atoms with van der Waals surface area (Å²) in [5.41, 5.74) is 1.51. The molecule has 0 spiro atoms. The first-order valence-corrected chi connectivity index (χ1v) is 9.53. The fourth-order valence-electron chi connectivity index (χ4n) is 3.26. The van der Waals surface area contributed by atoms with Gasteiger partial charge in [-0.2, -0.15) is 0 Å². The Labute approximate surface area is 154 Å². The summed E-state index contributed by atoms with van der Waals surface area (Å²) in [4.78, 5) is 25.0. The third-order valence-corrected chi connectivity index (χ3v) is 5.47. The van der Waals surface area contributed by atoms with Gasteiger partial charge in [0.05, 0.1) is 10.9 Å². The molecule has 4 rings (SSSR count). The smallest absolute Gasteiger partial charge is 0.289 e. The summed E-state index contributed by atoms with van der Waals surface area (Å²) in [6.07, 6.45) is 2.27. The lowest BCUT2D eigenvalue weighted by atomic mass is 10.2. The number of halogens is 1. The lowest BCUT2D eigenvalue weighted by Crippen LogP contribution is -2.27. The zero-order valence-electron chi connectivity index (χ0n) is 14.5. The van der Waals surface area contributed by atoms with Gasteiger partial charge in [0.2, 0.25) is 5.82 Å². The Hall–Kier alpha value is -2.54. The number of hydrogen-bond acceptors (Lipinski definition) is 5. The number of rotatable bonds is 4. The topological polar surface area (TPSA) is 58.1 Å². The van der Waals surface area contributed by atoms with Gasteiger partial charge in [-0.15, -0.1) is 11.3 Å². The number of nitrogens with zero attached hydrogens (tertiary/aromatic N) is 3. The van der Waals surface area contributed by atoms with E-state index >= 15 is 0 Å². The molecule has 0 atom stereocenters. The number of benzene rings is 1. The highest BCUT2D eigenvalue weighted by Crippen LogP contribution is 2.33. The molecule has 1 aliphatic rings. The van der Waals surface area contributed by atoms with Crippen LogP contribution in [0.3, 0.4) is 0 Å². The van der Waals surface area contributed by atoms with Gasteiger partial charge in [0.25, 0.3) is 5.91 Å². The summed E-state index contributed by atoms with van der Waals surface area (Å²) in [6, 6.07) is 6.18. The van der Waals surface area contributed by atoms with E-state index in [0.717, 1.165) is 47.5 Å². The van der Waals surface area contributed by atoms with Crippen molar-refractivity contribution in [1.82, 2.24) is 15.3 Å². The number of aryl methyl sites for hydroxylation is 1. The van der Waals surface area contributed by atoms with Gasteiger partial charge >= 0.3 is 0 Å². The number of hydrogen-bond donors (Lipinski definition) is 1. The van der Waals surface area contributed by atoms with E-state index in [1.165, 1.54) is 12.1 Å². The highest BCUT2D eigenvalue weighted by molar-refractivity contribution is 7.11. The van der Waals surface area contributed by atoms with Crippen LogP contribution in [-0.2, 0) is 6.54 Å². The molecule has 5 nitrogen and oxygen atoms in total. The molecule has 3 aromatic rings. The number of carbonyl (C=O) groups is 1. The van der Waals surface area contributed by atoms with Crippen molar-refractivity contribution in [2.24, 2.45) is 0 Å². The number of thiophene rings is 1. The number of nitrogens with one attached hydrogen (secondary N) is 1. The van der Waals surface area contributed by atoms with Gasteiger partial charge in [0.1, 0.15) is 11.6 Å². The Morgan fingerprint density at radius 3 is 2.88 bits per heavy atom. The van der Waals surface area contributed by atoms with E-state index in [-0.39, 0.29) is 24.1 Å². The SMILES string of the molecule is Cc1scc2nc(C(=O)NCc3cccc(F)c3)nc(N3CCCC3)c12. The van der Waals surface area contributed by atoms with Gasteiger partial charge in [-0.1, -0.05) is 12.1 Å². The highest BCUT2D eigenvalue weighted by Gasteiger charge is 2.22. The first-order valence-electron chi connectivity index (χ1n) is 8.65. The number of amides is 1. The fraction of sp³-hybridized carbons (Fsp3) is 0.316. The zero-order chi connectivity index (χ0) is 18.1. The summed E-state index contributed by atoms with van der Waals surface area (Å²) in [7, 11) is 0. The van der Waals surface area contributed by atoms with Crippen LogP contribution >= 0.6 is 11.3 Å². The van der Waals surface area contributed by atoms with E-state index in [4.69, 9.17) is 0 Å². The summed E-state index contributed by atoms with van der Waals surface area (Å²) >= 11 is 1.62. The van der Waals surface area contributed by atoms with Crippen LogP contribution in [0.2, 0.25) is 0 Å². The molecule has 1 aliphatic heterocycles. The molecule has 26 heavy (non-hydrogen) atoms. The first kappa shape index (κ1) is 16.9. The van der Waals surface area contributed by atoms with E-state index in [0.29, 0.717) is 5.56 Å². The van der Waals surface area contributed by atoms with Crippen LogP contribution in [0.25, 0.3) is 10.9 Å². The Balaban J connectivity index is 1.62. The molecule has 0 saturated carbocycles. The normalized spacial score (nSPS) is 14.2. The Bertz CT molecular complexity index is 965. The second kappa shape index (κ2) is 6.99. The molecule has 1 N–H and O–H groups in total. The number of carbonyl (C=O) groups excluding carboxylic acids is 1. The first-order chi connectivity index (χ1) is 12.6. The maximum Gasteiger partial charge on any atom is 0.289 e. The van der Waals surface area contributed by atoms with Crippen molar-refractivity contribution >= 4 is 34.0 Å². The highest BCUT2D eigenvalue weighted by atomic mass is 32.1. The van der Waals surface area contributed by atoms with Gasteiger partial charge in [-0.25, -0.2) is 14.4 Å².